The van der Waals surface area contributed by atoms with Gasteiger partial charge in [-0.05, 0) is 12.5 Å². The van der Waals surface area contributed by atoms with Gasteiger partial charge in [0, 0.05) is 24.3 Å². The summed E-state index contributed by atoms with van der Waals surface area (Å²) in [4.78, 5) is 15.2. The minimum Gasteiger partial charge on any atom is -0.478 e. The Balaban J connectivity index is 2.38. The summed E-state index contributed by atoms with van der Waals surface area (Å²) in [6.07, 6.45) is 8.45. The Morgan fingerprint density at radius 2 is 2.29 bits per heavy atom. The van der Waals surface area contributed by atoms with Crippen LogP contribution in [0.25, 0.3) is 10.9 Å². The predicted octanol–water partition coefficient (Wildman–Crippen LogP) is 2.92. The molecule has 0 atom stereocenters. The van der Waals surface area contributed by atoms with E-state index in [1.165, 1.54) is 0 Å². The first-order chi connectivity index (χ1) is 8.24. The van der Waals surface area contributed by atoms with Crippen LogP contribution >= 0.6 is 0 Å². The highest BCUT2D eigenvalue weighted by Gasteiger charge is 2.13. The summed E-state index contributed by atoms with van der Waals surface area (Å²) >= 11 is 0. The zero-order valence-electron chi connectivity index (χ0n) is 9.89. The van der Waals surface area contributed by atoms with Gasteiger partial charge in [-0.15, -0.1) is 0 Å². The molecule has 0 saturated heterocycles. The number of aromatic carboxylic acids is 1. The number of rotatable bonds is 5. The molecule has 2 rings (SSSR count). The van der Waals surface area contributed by atoms with E-state index >= 15 is 0 Å². The molecule has 0 aliphatic heterocycles. The minimum atomic E-state index is -0.879. The molecule has 0 unspecified atom stereocenters. The third-order valence-corrected chi connectivity index (χ3v) is 2.92. The minimum absolute atomic E-state index is 0.360. The number of unbranched alkanes of at least 4 members (excludes halogenated alkanes) is 2. The lowest BCUT2D eigenvalue weighted by atomic mass is 10.2. The molecule has 0 radical (unpaired) electrons. The van der Waals surface area contributed by atoms with Gasteiger partial charge in [0.25, 0.3) is 0 Å². The molecular weight excluding hydrogens is 216 g/mol. The van der Waals surface area contributed by atoms with Gasteiger partial charge >= 0.3 is 5.97 Å². The molecule has 0 fully saturated rings. The molecule has 0 bridgehead atoms. The van der Waals surface area contributed by atoms with Crippen LogP contribution in [-0.2, 0) is 6.54 Å². The third kappa shape index (κ3) is 2.30. The average Bonchev–Trinajstić information content (AvgIpc) is 2.69. The van der Waals surface area contributed by atoms with Crippen molar-refractivity contribution in [3.05, 3.63) is 30.2 Å². The molecule has 1 N–H and O–H groups in total. The van der Waals surface area contributed by atoms with Gasteiger partial charge in [-0.1, -0.05) is 19.8 Å². The lowest BCUT2D eigenvalue weighted by Crippen LogP contribution is -1.97. The normalized spacial score (nSPS) is 10.9. The molecule has 0 saturated carbocycles. The molecule has 0 aliphatic rings. The molecule has 0 amide bonds. The molecule has 0 aliphatic carbocycles. The van der Waals surface area contributed by atoms with Crippen LogP contribution in [-0.4, -0.2) is 20.6 Å². The van der Waals surface area contributed by atoms with E-state index in [2.05, 4.69) is 11.9 Å². The topological polar surface area (TPSA) is 55.1 Å². The molecule has 90 valence electrons. The van der Waals surface area contributed by atoms with E-state index in [0.29, 0.717) is 5.56 Å². The van der Waals surface area contributed by atoms with Crippen LogP contribution in [0.2, 0.25) is 0 Å². The van der Waals surface area contributed by atoms with E-state index in [0.717, 1.165) is 36.7 Å². The highest BCUT2D eigenvalue weighted by molar-refractivity contribution is 6.03. The Hall–Kier alpha value is -1.84. The van der Waals surface area contributed by atoms with Crippen molar-refractivity contribution in [3.63, 3.8) is 0 Å². The first kappa shape index (κ1) is 11.6. The maximum atomic E-state index is 11.1. The number of nitrogens with zero attached hydrogens (tertiary/aromatic N) is 2. The van der Waals surface area contributed by atoms with Crippen molar-refractivity contribution in [2.75, 3.05) is 0 Å². The number of fused-ring (bicyclic) bond motifs is 1. The van der Waals surface area contributed by atoms with Crippen LogP contribution in [0.4, 0.5) is 0 Å². The molecule has 4 heteroatoms. The number of carboxylic acid groups (broad SMARTS) is 1. The zero-order valence-corrected chi connectivity index (χ0v) is 9.89. The second-order valence-electron chi connectivity index (χ2n) is 4.14. The number of carbonyl (C=O) groups is 1. The van der Waals surface area contributed by atoms with E-state index in [1.807, 2.05) is 4.57 Å². The molecule has 2 heterocycles. The van der Waals surface area contributed by atoms with Crippen molar-refractivity contribution in [1.29, 1.82) is 0 Å². The fraction of sp³-hybridized carbons (Fsp3) is 0.385. The zero-order chi connectivity index (χ0) is 12.3. The summed E-state index contributed by atoms with van der Waals surface area (Å²) < 4.78 is 1.99. The number of hydrogen-bond acceptors (Lipinski definition) is 2. The quantitative estimate of drug-likeness (QED) is 0.806. The molecule has 0 aromatic carbocycles. The monoisotopic (exact) mass is 232 g/mol. The van der Waals surface area contributed by atoms with Crippen LogP contribution in [0, 0.1) is 0 Å². The summed E-state index contributed by atoms with van der Waals surface area (Å²) in [5, 5.41) is 9.90. The van der Waals surface area contributed by atoms with Crippen LogP contribution in [0.15, 0.2) is 24.7 Å². The van der Waals surface area contributed by atoms with Gasteiger partial charge in [-0.3, -0.25) is 4.98 Å². The van der Waals surface area contributed by atoms with Crippen LogP contribution in [0.3, 0.4) is 0 Å². The molecule has 17 heavy (non-hydrogen) atoms. The van der Waals surface area contributed by atoms with E-state index in [4.69, 9.17) is 5.11 Å². The third-order valence-electron chi connectivity index (χ3n) is 2.92. The van der Waals surface area contributed by atoms with Crippen molar-refractivity contribution in [2.24, 2.45) is 0 Å². The fourth-order valence-corrected chi connectivity index (χ4v) is 2.03. The first-order valence-corrected chi connectivity index (χ1v) is 5.90. The summed E-state index contributed by atoms with van der Waals surface area (Å²) in [6, 6.07) is 1.76. The highest BCUT2D eigenvalue weighted by atomic mass is 16.4. The molecule has 2 aromatic heterocycles. The molecule has 0 spiro atoms. The van der Waals surface area contributed by atoms with E-state index in [-0.39, 0.29) is 0 Å². The SMILES string of the molecule is CCCCCn1cc(C(=O)O)c2ccncc21. The summed E-state index contributed by atoms with van der Waals surface area (Å²) in [5.74, 6) is -0.879. The molecule has 4 nitrogen and oxygen atoms in total. The number of pyridine rings is 1. The van der Waals surface area contributed by atoms with Crippen LogP contribution in [0.1, 0.15) is 36.5 Å². The Labute approximate surface area is 99.9 Å². The molecular formula is C13H16N2O2. The van der Waals surface area contributed by atoms with Gasteiger partial charge in [0.15, 0.2) is 0 Å². The Morgan fingerprint density at radius 3 is 3.00 bits per heavy atom. The Morgan fingerprint density at radius 1 is 1.47 bits per heavy atom. The average molecular weight is 232 g/mol. The van der Waals surface area contributed by atoms with Crippen molar-refractivity contribution >= 4 is 16.9 Å². The maximum Gasteiger partial charge on any atom is 0.337 e. The van der Waals surface area contributed by atoms with Crippen LogP contribution in [0.5, 0.6) is 0 Å². The van der Waals surface area contributed by atoms with Gasteiger partial charge in [0.05, 0.1) is 17.3 Å². The highest BCUT2D eigenvalue weighted by Crippen LogP contribution is 2.21. The number of hydrogen-bond donors (Lipinski definition) is 1. The van der Waals surface area contributed by atoms with Crippen molar-refractivity contribution in [2.45, 2.75) is 32.7 Å². The van der Waals surface area contributed by atoms with Gasteiger partial charge < -0.3 is 9.67 Å². The summed E-state index contributed by atoms with van der Waals surface area (Å²) in [5.41, 5.74) is 1.26. The summed E-state index contributed by atoms with van der Waals surface area (Å²) in [7, 11) is 0. The second kappa shape index (κ2) is 4.99. The first-order valence-electron chi connectivity index (χ1n) is 5.90. The van der Waals surface area contributed by atoms with E-state index < -0.39 is 5.97 Å². The van der Waals surface area contributed by atoms with E-state index in [9.17, 15) is 4.79 Å². The number of carboxylic acids is 1. The Kier molecular flexibility index (Phi) is 3.42. The standard InChI is InChI=1S/C13H16N2O2/c1-2-3-4-7-15-9-11(13(16)17)10-5-6-14-8-12(10)15/h5-6,8-9H,2-4,7H2,1H3,(H,16,17). The largest absolute Gasteiger partial charge is 0.478 e. The lowest BCUT2D eigenvalue weighted by Gasteiger charge is -2.03. The van der Waals surface area contributed by atoms with Crippen LogP contribution < -0.4 is 0 Å². The molecule has 2 aromatic rings. The van der Waals surface area contributed by atoms with Gasteiger partial charge in [0.2, 0.25) is 0 Å². The Bertz CT molecular complexity index is 531. The fourth-order valence-electron chi connectivity index (χ4n) is 2.03. The van der Waals surface area contributed by atoms with Crippen molar-refractivity contribution < 1.29 is 9.90 Å². The smallest absolute Gasteiger partial charge is 0.337 e. The predicted molar refractivity (Wildman–Crippen MR) is 66.2 cm³/mol. The number of aryl methyl sites for hydroxylation is 1. The lowest BCUT2D eigenvalue weighted by molar-refractivity contribution is 0.0699. The van der Waals surface area contributed by atoms with Crippen molar-refractivity contribution in [1.82, 2.24) is 9.55 Å². The summed E-state index contributed by atoms with van der Waals surface area (Å²) in [6.45, 7) is 3.00. The van der Waals surface area contributed by atoms with Crippen molar-refractivity contribution in [3.8, 4) is 0 Å². The maximum absolute atomic E-state index is 11.1. The van der Waals surface area contributed by atoms with E-state index in [1.54, 1.807) is 24.7 Å². The van der Waals surface area contributed by atoms with Gasteiger partial charge in [-0.25, -0.2) is 4.79 Å². The van der Waals surface area contributed by atoms with Gasteiger partial charge in [0.1, 0.15) is 0 Å². The second-order valence-corrected chi connectivity index (χ2v) is 4.14. The number of aromatic nitrogens is 2. The van der Waals surface area contributed by atoms with Gasteiger partial charge in [-0.2, -0.15) is 0 Å².